The molecule has 0 saturated heterocycles. The van der Waals surface area contributed by atoms with Crippen LogP contribution in [0.5, 0.6) is 0 Å². The number of hydrogen-bond acceptors (Lipinski definition) is 5. The van der Waals surface area contributed by atoms with E-state index in [0.717, 1.165) is 11.8 Å². The number of carbonyl (C=O) groups is 1. The molecule has 0 aliphatic heterocycles. The zero-order valence-corrected chi connectivity index (χ0v) is 14.5. The molecule has 1 aromatic heterocycles. The summed E-state index contributed by atoms with van der Waals surface area (Å²) >= 11 is 1.13. The van der Waals surface area contributed by atoms with Crippen LogP contribution in [0.15, 0.2) is 53.7 Å². The predicted molar refractivity (Wildman–Crippen MR) is 96.9 cm³/mol. The van der Waals surface area contributed by atoms with Crippen LogP contribution < -0.4 is 5.32 Å². The zero-order chi connectivity index (χ0) is 18.5. The number of carbonyl (C=O) groups excluding carboxylic acids is 1. The van der Waals surface area contributed by atoms with E-state index in [9.17, 15) is 9.18 Å². The minimum Gasteiger partial charge on any atom is -0.324 e. The first-order chi connectivity index (χ1) is 12.6. The number of nitriles is 1. The molecule has 0 aliphatic carbocycles. The van der Waals surface area contributed by atoms with Gasteiger partial charge in [0.2, 0.25) is 11.1 Å². The SMILES string of the molecule is CC(Sc1n[nH]c(-c2ccccc2F)n1)C(=O)Nc1ccccc1C#N. The van der Waals surface area contributed by atoms with Crippen LogP contribution in [0.1, 0.15) is 12.5 Å². The molecule has 26 heavy (non-hydrogen) atoms. The summed E-state index contributed by atoms with van der Waals surface area (Å²) < 4.78 is 13.8. The summed E-state index contributed by atoms with van der Waals surface area (Å²) in [4.78, 5) is 16.6. The number of aromatic nitrogens is 3. The van der Waals surface area contributed by atoms with E-state index in [1.54, 1.807) is 49.4 Å². The number of halogens is 1. The van der Waals surface area contributed by atoms with Gasteiger partial charge in [-0.05, 0) is 31.2 Å². The molecule has 2 aromatic carbocycles. The fourth-order valence-electron chi connectivity index (χ4n) is 2.21. The molecular weight excluding hydrogens is 353 g/mol. The van der Waals surface area contributed by atoms with E-state index in [2.05, 4.69) is 20.5 Å². The van der Waals surface area contributed by atoms with Crippen LogP contribution in [0.3, 0.4) is 0 Å². The summed E-state index contributed by atoms with van der Waals surface area (Å²) in [5.41, 5.74) is 1.15. The predicted octanol–water partition coefficient (Wildman–Crippen LogP) is 3.60. The largest absolute Gasteiger partial charge is 0.324 e. The van der Waals surface area contributed by atoms with Crippen molar-refractivity contribution in [2.45, 2.75) is 17.3 Å². The second kappa shape index (κ2) is 7.80. The van der Waals surface area contributed by atoms with Gasteiger partial charge in [-0.3, -0.25) is 9.89 Å². The molecule has 6 nitrogen and oxygen atoms in total. The Morgan fingerprint density at radius 1 is 1.27 bits per heavy atom. The quantitative estimate of drug-likeness (QED) is 0.672. The number of benzene rings is 2. The Morgan fingerprint density at radius 3 is 2.77 bits per heavy atom. The molecule has 0 saturated carbocycles. The number of nitrogens with zero attached hydrogens (tertiary/aromatic N) is 3. The van der Waals surface area contributed by atoms with E-state index in [4.69, 9.17) is 5.26 Å². The van der Waals surface area contributed by atoms with Crippen molar-refractivity contribution < 1.29 is 9.18 Å². The number of aromatic amines is 1. The van der Waals surface area contributed by atoms with Crippen LogP contribution in [-0.4, -0.2) is 26.3 Å². The maximum atomic E-state index is 13.8. The van der Waals surface area contributed by atoms with Crippen LogP contribution in [0, 0.1) is 17.1 Å². The van der Waals surface area contributed by atoms with Crippen molar-refractivity contribution >= 4 is 23.4 Å². The highest BCUT2D eigenvalue weighted by Crippen LogP contribution is 2.25. The summed E-state index contributed by atoms with van der Waals surface area (Å²) in [7, 11) is 0. The number of hydrogen-bond donors (Lipinski definition) is 2. The molecule has 0 bridgehead atoms. The van der Waals surface area contributed by atoms with Crippen molar-refractivity contribution in [3.05, 3.63) is 59.9 Å². The van der Waals surface area contributed by atoms with E-state index >= 15 is 0 Å². The maximum absolute atomic E-state index is 13.8. The van der Waals surface area contributed by atoms with Gasteiger partial charge >= 0.3 is 0 Å². The molecule has 1 unspecified atom stereocenters. The highest BCUT2D eigenvalue weighted by Gasteiger charge is 2.19. The van der Waals surface area contributed by atoms with Crippen molar-refractivity contribution in [1.29, 1.82) is 5.26 Å². The van der Waals surface area contributed by atoms with Crippen LogP contribution >= 0.6 is 11.8 Å². The molecule has 0 spiro atoms. The third-order valence-corrected chi connectivity index (χ3v) is 4.51. The smallest absolute Gasteiger partial charge is 0.237 e. The molecule has 0 fully saturated rings. The standard InChI is InChI=1S/C18H14FN5OS/c1-11(17(25)21-15-9-5-2-6-12(15)10-20)26-18-22-16(23-24-18)13-7-3-4-8-14(13)19/h2-9,11H,1H3,(H,21,25)(H,22,23,24). The topological polar surface area (TPSA) is 94.5 Å². The Balaban J connectivity index is 1.69. The normalized spacial score (nSPS) is 11.6. The fraction of sp³-hybridized carbons (Fsp3) is 0.111. The van der Waals surface area contributed by atoms with Gasteiger partial charge < -0.3 is 5.32 Å². The van der Waals surface area contributed by atoms with E-state index in [1.807, 2.05) is 6.07 Å². The Hall–Kier alpha value is -3.18. The van der Waals surface area contributed by atoms with E-state index < -0.39 is 11.1 Å². The van der Waals surface area contributed by atoms with E-state index in [0.29, 0.717) is 27.8 Å². The first-order valence-electron chi connectivity index (χ1n) is 7.72. The number of rotatable bonds is 5. The summed E-state index contributed by atoms with van der Waals surface area (Å²) in [6, 6.07) is 15.0. The van der Waals surface area contributed by atoms with Gasteiger partial charge in [-0.15, -0.1) is 5.10 Å². The second-order valence-corrected chi connectivity index (χ2v) is 6.66. The second-order valence-electron chi connectivity index (χ2n) is 5.35. The van der Waals surface area contributed by atoms with Crippen molar-refractivity contribution in [3.8, 4) is 17.5 Å². The molecule has 8 heteroatoms. The molecule has 0 radical (unpaired) electrons. The van der Waals surface area contributed by atoms with Crippen LogP contribution in [0.4, 0.5) is 10.1 Å². The molecule has 130 valence electrons. The number of thioether (sulfide) groups is 1. The van der Waals surface area contributed by atoms with Gasteiger partial charge in [0, 0.05) is 0 Å². The van der Waals surface area contributed by atoms with Crippen LogP contribution in [0.2, 0.25) is 0 Å². The molecule has 2 N–H and O–H groups in total. The molecule has 1 heterocycles. The Labute approximate surface area is 153 Å². The molecule has 0 aliphatic rings. The average molecular weight is 367 g/mol. The van der Waals surface area contributed by atoms with E-state index in [1.165, 1.54) is 6.07 Å². The monoisotopic (exact) mass is 367 g/mol. The van der Waals surface area contributed by atoms with Crippen molar-refractivity contribution in [2.75, 3.05) is 5.32 Å². The lowest BCUT2D eigenvalue weighted by molar-refractivity contribution is -0.115. The van der Waals surface area contributed by atoms with E-state index in [-0.39, 0.29) is 5.91 Å². The van der Waals surface area contributed by atoms with Crippen LogP contribution in [0.25, 0.3) is 11.4 Å². The summed E-state index contributed by atoms with van der Waals surface area (Å²) in [5, 5.41) is 18.3. The van der Waals surface area contributed by atoms with Gasteiger partial charge in [0.05, 0.1) is 22.1 Å². The number of H-pyrrole nitrogens is 1. The number of amides is 1. The first-order valence-corrected chi connectivity index (χ1v) is 8.60. The van der Waals surface area contributed by atoms with Crippen molar-refractivity contribution in [1.82, 2.24) is 15.2 Å². The maximum Gasteiger partial charge on any atom is 0.237 e. The number of anilines is 1. The highest BCUT2D eigenvalue weighted by atomic mass is 32.2. The lowest BCUT2D eigenvalue weighted by atomic mass is 10.2. The molecule has 1 atom stereocenters. The van der Waals surface area contributed by atoms with Gasteiger partial charge in [-0.2, -0.15) is 5.26 Å². The third kappa shape index (κ3) is 3.90. The Kier molecular flexibility index (Phi) is 5.29. The minimum absolute atomic E-state index is 0.282. The van der Waals surface area contributed by atoms with Gasteiger partial charge in [-0.1, -0.05) is 36.0 Å². The van der Waals surface area contributed by atoms with Gasteiger partial charge in [0.15, 0.2) is 5.82 Å². The van der Waals surface area contributed by atoms with Gasteiger partial charge in [0.1, 0.15) is 11.9 Å². The summed E-state index contributed by atoms with van der Waals surface area (Å²) in [5.74, 6) is -0.387. The summed E-state index contributed by atoms with van der Waals surface area (Å²) in [6.45, 7) is 1.70. The minimum atomic E-state index is -0.508. The van der Waals surface area contributed by atoms with Gasteiger partial charge in [0.25, 0.3) is 0 Å². The van der Waals surface area contributed by atoms with Crippen molar-refractivity contribution in [3.63, 3.8) is 0 Å². The number of nitrogens with one attached hydrogen (secondary N) is 2. The fourth-order valence-corrected chi connectivity index (χ4v) is 2.93. The zero-order valence-electron chi connectivity index (χ0n) is 13.7. The number of para-hydroxylation sites is 1. The Morgan fingerprint density at radius 2 is 2.00 bits per heavy atom. The van der Waals surface area contributed by atoms with Crippen molar-refractivity contribution in [2.24, 2.45) is 0 Å². The van der Waals surface area contributed by atoms with Gasteiger partial charge in [-0.25, -0.2) is 9.37 Å². The molecular formula is C18H14FN5OS. The summed E-state index contributed by atoms with van der Waals surface area (Å²) in [6.07, 6.45) is 0. The average Bonchev–Trinajstić information content (AvgIpc) is 3.10. The highest BCUT2D eigenvalue weighted by molar-refractivity contribution is 8.00. The molecule has 3 rings (SSSR count). The lowest BCUT2D eigenvalue weighted by Crippen LogP contribution is -2.23. The van der Waals surface area contributed by atoms with Crippen LogP contribution in [-0.2, 0) is 4.79 Å². The molecule has 1 amide bonds. The third-order valence-electron chi connectivity index (χ3n) is 3.55. The Bertz CT molecular complexity index is 981. The molecule has 3 aromatic rings. The lowest BCUT2D eigenvalue weighted by Gasteiger charge is -2.11. The first kappa shape index (κ1) is 17.6.